The first-order valence-electron chi connectivity index (χ1n) is 4.13. The van der Waals surface area contributed by atoms with Gasteiger partial charge in [0.15, 0.2) is 0 Å². The second-order valence-electron chi connectivity index (χ2n) is 3.35. The molecule has 0 heterocycles. The van der Waals surface area contributed by atoms with Crippen LogP contribution in [0.25, 0.3) is 0 Å². The van der Waals surface area contributed by atoms with Crippen molar-refractivity contribution in [2.75, 3.05) is 6.54 Å². The molecule has 0 radical (unpaired) electrons. The van der Waals surface area contributed by atoms with Gasteiger partial charge in [-0.1, -0.05) is 30.3 Å². The SMILES string of the molecule is Cl.NCC1(c2ccccc2)CC1. The van der Waals surface area contributed by atoms with Crippen molar-refractivity contribution in [2.45, 2.75) is 18.3 Å². The van der Waals surface area contributed by atoms with Crippen molar-refractivity contribution in [3.05, 3.63) is 35.9 Å². The Hall–Kier alpha value is -0.530. The first-order valence-corrected chi connectivity index (χ1v) is 4.13. The van der Waals surface area contributed by atoms with Crippen LogP contribution < -0.4 is 5.73 Å². The van der Waals surface area contributed by atoms with Crippen LogP contribution in [0.5, 0.6) is 0 Å². The highest BCUT2D eigenvalue weighted by molar-refractivity contribution is 5.85. The van der Waals surface area contributed by atoms with Crippen molar-refractivity contribution < 1.29 is 0 Å². The van der Waals surface area contributed by atoms with Crippen LogP contribution in [-0.2, 0) is 5.41 Å². The molecule has 0 amide bonds. The molecule has 12 heavy (non-hydrogen) atoms. The Morgan fingerprint density at radius 3 is 2.17 bits per heavy atom. The molecule has 1 fully saturated rings. The van der Waals surface area contributed by atoms with Crippen LogP contribution in [0.4, 0.5) is 0 Å². The smallest absolute Gasteiger partial charge is 0.00762 e. The van der Waals surface area contributed by atoms with Crippen LogP contribution in [0.3, 0.4) is 0 Å². The highest BCUT2D eigenvalue weighted by Crippen LogP contribution is 2.46. The lowest BCUT2D eigenvalue weighted by Crippen LogP contribution is -2.19. The molecule has 2 rings (SSSR count). The maximum Gasteiger partial charge on any atom is 0.00762 e. The fourth-order valence-electron chi connectivity index (χ4n) is 1.55. The lowest BCUT2D eigenvalue weighted by atomic mass is 9.97. The monoisotopic (exact) mass is 183 g/mol. The maximum absolute atomic E-state index is 5.70. The van der Waals surface area contributed by atoms with Gasteiger partial charge < -0.3 is 5.73 Å². The van der Waals surface area contributed by atoms with Crippen molar-refractivity contribution in [2.24, 2.45) is 5.73 Å². The molecule has 1 nitrogen and oxygen atoms in total. The predicted molar refractivity (Wildman–Crippen MR) is 53.7 cm³/mol. The molecule has 66 valence electrons. The van der Waals surface area contributed by atoms with E-state index in [1.807, 2.05) is 0 Å². The average molecular weight is 184 g/mol. The Balaban J connectivity index is 0.000000720. The molecule has 1 aliphatic rings. The summed E-state index contributed by atoms with van der Waals surface area (Å²) in [6.45, 7) is 0.803. The van der Waals surface area contributed by atoms with Gasteiger partial charge in [0.1, 0.15) is 0 Å². The van der Waals surface area contributed by atoms with Crippen LogP contribution in [0.1, 0.15) is 18.4 Å². The van der Waals surface area contributed by atoms with Gasteiger partial charge in [0, 0.05) is 12.0 Å². The number of halogens is 1. The van der Waals surface area contributed by atoms with Gasteiger partial charge in [-0.05, 0) is 18.4 Å². The molecule has 0 saturated heterocycles. The quantitative estimate of drug-likeness (QED) is 0.747. The van der Waals surface area contributed by atoms with Crippen molar-refractivity contribution >= 4 is 12.4 Å². The molecule has 0 atom stereocenters. The summed E-state index contributed by atoms with van der Waals surface area (Å²) in [5.41, 5.74) is 7.48. The Labute approximate surface area is 79.4 Å². The molecule has 0 unspecified atom stereocenters. The van der Waals surface area contributed by atoms with E-state index in [4.69, 9.17) is 5.73 Å². The number of nitrogens with two attached hydrogens (primary N) is 1. The van der Waals surface area contributed by atoms with Gasteiger partial charge in [-0.3, -0.25) is 0 Å². The van der Waals surface area contributed by atoms with E-state index in [2.05, 4.69) is 30.3 Å². The zero-order valence-electron chi connectivity index (χ0n) is 6.99. The van der Waals surface area contributed by atoms with Gasteiger partial charge in [0.25, 0.3) is 0 Å². The van der Waals surface area contributed by atoms with Gasteiger partial charge in [0.05, 0.1) is 0 Å². The molecule has 0 spiro atoms. The van der Waals surface area contributed by atoms with Crippen LogP contribution >= 0.6 is 12.4 Å². The van der Waals surface area contributed by atoms with E-state index < -0.39 is 0 Å². The topological polar surface area (TPSA) is 26.0 Å². The fourth-order valence-corrected chi connectivity index (χ4v) is 1.55. The minimum atomic E-state index is 0. The highest BCUT2D eigenvalue weighted by Gasteiger charge is 2.42. The third kappa shape index (κ3) is 1.47. The van der Waals surface area contributed by atoms with Crippen LogP contribution in [0, 0.1) is 0 Å². The molecular formula is C10H14ClN. The normalized spacial score (nSPS) is 18.1. The first kappa shape index (κ1) is 9.56. The fraction of sp³-hybridized carbons (Fsp3) is 0.400. The van der Waals surface area contributed by atoms with Crippen LogP contribution in [-0.4, -0.2) is 6.54 Å². The Kier molecular flexibility index (Phi) is 2.76. The average Bonchev–Trinajstić information content (AvgIpc) is 2.86. The number of hydrogen-bond acceptors (Lipinski definition) is 1. The molecule has 0 aromatic heterocycles. The van der Waals surface area contributed by atoms with Gasteiger partial charge in [-0.2, -0.15) is 0 Å². The van der Waals surface area contributed by atoms with Gasteiger partial charge in [0.2, 0.25) is 0 Å². The molecule has 0 bridgehead atoms. The number of benzene rings is 1. The molecule has 0 aliphatic heterocycles. The van der Waals surface area contributed by atoms with Crippen molar-refractivity contribution in [1.29, 1.82) is 0 Å². The van der Waals surface area contributed by atoms with E-state index in [-0.39, 0.29) is 12.4 Å². The van der Waals surface area contributed by atoms with E-state index in [1.54, 1.807) is 0 Å². The third-order valence-corrected chi connectivity index (χ3v) is 2.63. The van der Waals surface area contributed by atoms with E-state index in [0.717, 1.165) is 6.54 Å². The third-order valence-electron chi connectivity index (χ3n) is 2.63. The van der Waals surface area contributed by atoms with E-state index >= 15 is 0 Å². The number of hydrogen-bond donors (Lipinski definition) is 1. The second kappa shape index (κ2) is 3.46. The molecule has 1 aromatic rings. The maximum atomic E-state index is 5.70. The summed E-state index contributed by atoms with van der Waals surface area (Å²) in [6, 6.07) is 10.6. The van der Waals surface area contributed by atoms with E-state index in [1.165, 1.54) is 18.4 Å². The Bertz CT molecular complexity index is 241. The van der Waals surface area contributed by atoms with E-state index in [9.17, 15) is 0 Å². The van der Waals surface area contributed by atoms with Crippen molar-refractivity contribution in [3.8, 4) is 0 Å². The Morgan fingerprint density at radius 1 is 1.17 bits per heavy atom. The standard InChI is InChI=1S/C10H13N.ClH/c11-8-10(6-7-10)9-4-2-1-3-5-9;/h1-5H,6-8,11H2;1H. The summed E-state index contributed by atoms with van der Waals surface area (Å²) in [6.07, 6.45) is 2.54. The summed E-state index contributed by atoms with van der Waals surface area (Å²) in [7, 11) is 0. The van der Waals surface area contributed by atoms with Crippen molar-refractivity contribution in [3.63, 3.8) is 0 Å². The molecule has 1 aliphatic carbocycles. The summed E-state index contributed by atoms with van der Waals surface area (Å²) in [5, 5.41) is 0. The largest absolute Gasteiger partial charge is 0.330 e. The molecule has 1 saturated carbocycles. The zero-order valence-corrected chi connectivity index (χ0v) is 7.81. The molecule has 2 N–H and O–H groups in total. The zero-order chi connectivity index (χ0) is 7.73. The minimum Gasteiger partial charge on any atom is -0.330 e. The van der Waals surface area contributed by atoms with Gasteiger partial charge in [-0.15, -0.1) is 12.4 Å². The van der Waals surface area contributed by atoms with E-state index in [0.29, 0.717) is 5.41 Å². The minimum absolute atomic E-state index is 0. The lowest BCUT2D eigenvalue weighted by Gasteiger charge is -2.11. The van der Waals surface area contributed by atoms with Crippen molar-refractivity contribution in [1.82, 2.24) is 0 Å². The summed E-state index contributed by atoms with van der Waals surface area (Å²) in [4.78, 5) is 0. The van der Waals surface area contributed by atoms with Crippen LogP contribution in [0.15, 0.2) is 30.3 Å². The first-order chi connectivity index (χ1) is 5.37. The second-order valence-corrected chi connectivity index (χ2v) is 3.35. The molecule has 1 aromatic carbocycles. The lowest BCUT2D eigenvalue weighted by molar-refractivity contribution is 0.705. The van der Waals surface area contributed by atoms with Gasteiger partial charge >= 0.3 is 0 Å². The predicted octanol–water partition coefficient (Wildman–Crippen LogP) is 2.10. The summed E-state index contributed by atoms with van der Waals surface area (Å²) >= 11 is 0. The highest BCUT2D eigenvalue weighted by atomic mass is 35.5. The summed E-state index contributed by atoms with van der Waals surface area (Å²) < 4.78 is 0. The molecule has 2 heteroatoms. The van der Waals surface area contributed by atoms with Crippen LogP contribution in [0.2, 0.25) is 0 Å². The van der Waals surface area contributed by atoms with Gasteiger partial charge in [-0.25, -0.2) is 0 Å². The molecular weight excluding hydrogens is 170 g/mol. The number of rotatable bonds is 2. The Morgan fingerprint density at radius 2 is 1.75 bits per heavy atom. The summed E-state index contributed by atoms with van der Waals surface area (Å²) in [5.74, 6) is 0.